The van der Waals surface area contributed by atoms with E-state index in [0.29, 0.717) is 17.1 Å². The number of fused-ring (bicyclic) bond motifs is 1. The number of benzene rings is 1. The number of carbonyl (C=O) groups is 1. The van der Waals surface area contributed by atoms with Crippen molar-refractivity contribution in [2.24, 2.45) is 0 Å². The fraction of sp³-hybridized carbons (Fsp3) is 0.280. The van der Waals surface area contributed by atoms with E-state index in [0.717, 1.165) is 55.0 Å². The Morgan fingerprint density at radius 1 is 1.03 bits per heavy atom. The molecule has 33 heavy (non-hydrogen) atoms. The van der Waals surface area contributed by atoms with Crippen LogP contribution in [0.1, 0.15) is 16.1 Å². The van der Waals surface area contributed by atoms with Crippen LogP contribution in [-0.4, -0.2) is 59.6 Å². The molecule has 1 saturated heterocycles. The first kappa shape index (κ1) is 21.6. The third-order valence-corrected chi connectivity index (χ3v) is 7.11. The summed E-state index contributed by atoms with van der Waals surface area (Å²) < 4.78 is 16.0. The maximum atomic E-state index is 14.0. The topological polar surface area (TPSA) is 53.4 Å². The SMILES string of the molecule is O=C(NCCCN1CCN(c2ccccc2F)CC1)c1sc2ncccc2c1-n1cccc1. The number of amides is 1. The van der Waals surface area contributed by atoms with Gasteiger partial charge in [-0.15, -0.1) is 11.3 Å². The van der Waals surface area contributed by atoms with E-state index in [4.69, 9.17) is 0 Å². The van der Waals surface area contributed by atoms with E-state index in [2.05, 4.69) is 20.1 Å². The lowest BCUT2D eigenvalue weighted by Gasteiger charge is -2.36. The Hall–Kier alpha value is -3.23. The van der Waals surface area contributed by atoms with Crippen LogP contribution in [0.25, 0.3) is 15.9 Å². The lowest BCUT2D eigenvalue weighted by molar-refractivity contribution is 0.0955. The Kier molecular flexibility index (Phi) is 6.37. The second kappa shape index (κ2) is 9.72. The summed E-state index contributed by atoms with van der Waals surface area (Å²) in [4.78, 5) is 23.5. The molecule has 1 aromatic carbocycles. The van der Waals surface area contributed by atoms with Crippen LogP contribution in [-0.2, 0) is 0 Å². The standard InChI is InChI=1S/C25H26FN5OS/c26-20-8-1-2-9-21(20)30-17-15-29(16-18-30)12-6-11-27-24(32)23-22(31-13-3-4-14-31)19-7-5-10-28-25(19)33-23/h1-5,7-10,13-14H,6,11-12,15-18H2,(H,27,32). The fourth-order valence-electron chi connectivity index (χ4n) is 4.32. The number of nitrogens with zero attached hydrogens (tertiary/aromatic N) is 4. The zero-order valence-electron chi connectivity index (χ0n) is 18.3. The van der Waals surface area contributed by atoms with Gasteiger partial charge in [0.2, 0.25) is 0 Å². The summed E-state index contributed by atoms with van der Waals surface area (Å²) in [5.41, 5.74) is 1.57. The number of piperazine rings is 1. The minimum Gasteiger partial charge on any atom is -0.367 e. The van der Waals surface area contributed by atoms with Gasteiger partial charge in [0.25, 0.3) is 5.91 Å². The van der Waals surface area contributed by atoms with E-state index in [1.54, 1.807) is 12.3 Å². The molecule has 1 fully saturated rings. The molecular formula is C25H26FN5OS. The van der Waals surface area contributed by atoms with Crippen molar-refractivity contribution in [1.29, 1.82) is 0 Å². The van der Waals surface area contributed by atoms with E-state index in [1.807, 2.05) is 53.4 Å². The average molecular weight is 464 g/mol. The first-order chi connectivity index (χ1) is 16.2. The lowest BCUT2D eigenvalue weighted by atomic mass is 10.2. The Morgan fingerprint density at radius 2 is 1.82 bits per heavy atom. The number of hydrogen-bond donors (Lipinski definition) is 1. The fourth-order valence-corrected chi connectivity index (χ4v) is 5.38. The van der Waals surface area contributed by atoms with Crippen molar-refractivity contribution in [3.63, 3.8) is 0 Å². The van der Waals surface area contributed by atoms with Crippen LogP contribution in [0.4, 0.5) is 10.1 Å². The van der Waals surface area contributed by atoms with Crippen LogP contribution in [0, 0.1) is 5.82 Å². The summed E-state index contributed by atoms with van der Waals surface area (Å²) in [7, 11) is 0. The molecule has 0 bridgehead atoms. The van der Waals surface area contributed by atoms with E-state index in [1.165, 1.54) is 17.4 Å². The van der Waals surface area contributed by atoms with Crippen molar-refractivity contribution < 1.29 is 9.18 Å². The molecule has 0 atom stereocenters. The van der Waals surface area contributed by atoms with E-state index >= 15 is 0 Å². The molecule has 0 saturated carbocycles. The van der Waals surface area contributed by atoms with Crippen LogP contribution >= 0.6 is 11.3 Å². The van der Waals surface area contributed by atoms with Crippen LogP contribution in [0.2, 0.25) is 0 Å². The third-order valence-electron chi connectivity index (χ3n) is 6.01. The highest BCUT2D eigenvalue weighted by molar-refractivity contribution is 7.21. The normalized spacial score (nSPS) is 14.6. The van der Waals surface area contributed by atoms with Crippen molar-refractivity contribution in [2.75, 3.05) is 44.2 Å². The molecule has 4 heterocycles. The number of aromatic nitrogens is 2. The molecule has 8 heteroatoms. The number of carbonyl (C=O) groups excluding carboxylic acids is 1. The van der Waals surface area contributed by atoms with Crippen LogP contribution in [0.3, 0.4) is 0 Å². The Bertz CT molecular complexity index is 1230. The van der Waals surface area contributed by atoms with Gasteiger partial charge in [-0.05, 0) is 49.4 Å². The molecule has 3 aromatic heterocycles. The molecule has 4 aromatic rings. The average Bonchev–Trinajstić information content (AvgIpc) is 3.50. The summed E-state index contributed by atoms with van der Waals surface area (Å²) in [5, 5.41) is 4.07. The highest BCUT2D eigenvalue weighted by Gasteiger charge is 2.21. The summed E-state index contributed by atoms with van der Waals surface area (Å²) in [6.45, 7) is 4.91. The monoisotopic (exact) mass is 463 g/mol. The molecule has 1 N–H and O–H groups in total. The molecular weight excluding hydrogens is 437 g/mol. The summed E-state index contributed by atoms with van der Waals surface area (Å²) >= 11 is 1.43. The number of anilines is 1. The number of rotatable bonds is 7. The van der Waals surface area contributed by atoms with Crippen LogP contribution in [0.5, 0.6) is 0 Å². The van der Waals surface area contributed by atoms with Gasteiger partial charge in [0, 0.05) is 56.7 Å². The molecule has 6 nitrogen and oxygen atoms in total. The van der Waals surface area contributed by atoms with Crippen LogP contribution < -0.4 is 10.2 Å². The molecule has 1 amide bonds. The lowest BCUT2D eigenvalue weighted by Crippen LogP contribution is -2.47. The quantitative estimate of drug-likeness (QED) is 0.418. The maximum Gasteiger partial charge on any atom is 0.263 e. The Labute approximate surface area is 196 Å². The summed E-state index contributed by atoms with van der Waals surface area (Å²) in [5.74, 6) is -0.226. The molecule has 1 aliphatic rings. The molecule has 1 aliphatic heterocycles. The smallest absolute Gasteiger partial charge is 0.263 e. The van der Waals surface area contributed by atoms with Gasteiger partial charge in [-0.3, -0.25) is 9.69 Å². The van der Waals surface area contributed by atoms with Crippen LogP contribution in [0.15, 0.2) is 67.1 Å². The minimum atomic E-state index is -0.163. The third kappa shape index (κ3) is 4.62. The maximum absolute atomic E-state index is 14.0. The van der Waals surface area contributed by atoms with Gasteiger partial charge in [0.1, 0.15) is 15.5 Å². The first-order valence-electron chi connectivity index (χ1n) is 11.2. The van der Waals surface area contributed by atoms with Gasteiger partial charge in [0.05, 0.1) is 11.4 Å². The van der Waals surface area contributed by atoms with E-state index in [-0.39, 0.29) is 11.7 Å². The molecule has 0 aliphatic carbocycles. The van der Waals surface area contributed by atoms with Crippen molar-refractivity contribution in [3.05, 3.63) is 77.8 Å². The zero-order valence-corrected chi connectivity index (χ0v) is 19.1. The highest BCUT2D eigenvalue weighted by atomic mass is 32.1. The van der Waals surface area contributed by atoms with Crippen molar-refractivity contribution in [1.82, 2.24) is 19.8 Å². The van der Waals surface area contributed by atoms with Gasteiger partial charge in [0.15, 0.2) is 0 Å². The summed E-state index contributed by atoms with van der Waals surface area (Å²) in [6, 6.07) is 14.8. The number of pyridine rings is 1. The van der Waals surface area contributed by atoms with Gasteiger partial charge >= 0.3 is 0 Å². The highest BCUT2D eigenvalue weighted by Crippen LogP contribution is 2.33. The molecule has 5 rings (SSSR count). The number of halogens is 1. The number of nitrogens with one attached hydrogen (secondary N) is 1. The predicted octanol–water partition coefficient (Wildman–Crippen LogP) is 4.17. The molecule has 0 spiro atoms. The minimum absolute atomic E-state index is 0.0638. The zero-order chi connectivity index (χ0) is 22.6. The number of para-hydroxylation sites is 1. The second-order valence-corrected chi connectivity index (χ2v) is 9.11. The first-order valence-corrected chi connectivity index (χ1v) is 12.0. The number of hydrogen-bond acceptors (Lipinski definition) is 5. The van der Waals surface area contributed by atoms with Crippen molar-refractivity contribution in [2.45, 2.75) is 6.42 Å². The molecule has 0 radical (unpaired) electrons. The Balaban J connectivity index is 1.15. The largest absolute Gasteiger partial charge is 0.367 e. The second-order valence-electron chi connectivity index (χ2n) is 8.12. The van der Waals surface area contributed by atoms with Gasteiger partial charge in [-0.2, -0.15) is 0 Å². The van der Waals surface area contributed by atoms with E-state index in [9.17, 15) is 9.18 Å². The van der Waals surface area contributed by atoms with Crippen molar-refractivity contribution >= 4 is 33.1 Å². The van der Waals surface area contributed by atoms with Crippen molar-refractivity contribution in [3.8, 4) is 5.69 Å². The van der Waals surface area contributed by atoms with Gasteiger partial charge in [-0.25, -0.2) is 9.37 Å². The number of thiophene rings is 1. The molecule has 0 unspecified atom stereocenters. The van der Waals surface area contributed by atoms with Gasteiger partial charge in [-0.1, -0.05) is 12.1 Å². The molecule has 170 valence electrons. The Morgan fingerprint density at radius 3 is 2.61 bits per heavy atom. The summed E-state index contributed by atoms with van der Waals surface area (Å²) in [6.07, 6.45) is 6.53. The van der Waals surface area contributed by atoms with E-state index < -0.39 is 0 Å². The van der Waals surface area contributed by atoms with Gasteiger partial charge < -0.3 is 14.8 Å². The predicted molar refractivity (Wildman–Crippen MR) is 131 cm³/mol.